The molecule has 2 aromatic heterocycles. The molecule has 0 saturated carbocycles. The van der Waals surface area contributed by atoms with E-state index >= 15 is 0 Å². The van der Waals surface area contributed by atoms with Gasteiger partial charge in [0.25, 0.3) is 5.60 Å². The van der Waals surface area contributed by atoms with Gasteiger partial charge >= 0.3 is 12.0 Å². The molecule has 1 aliphatic heterocycles. The van der Waals surface area contributed by atoms with Gasteiger partial charge in [-0.25, -0.2) is 9.78 Å². The first-order valence-corrected chi connectivity index (χ1v) is 12.3. The van der Waals surface area contributed by atoms with Crippen LogP contribution in [0, 0.1) is 18.4 Å². The Morgan fingerprint density at radius 1 is 1.47 bits per heavy atom. The number of aromatic nitrogens is 4. The Hall–Kier alpha value is -2.55. The first-order valence-electron chi connectivity index (χ1n) is 9.43. The molecule has 2 aromatic rings. The minimum absolute atomic E-state index is 0.0977. The van der Waals surface area contributed by atoms with Crippen LogP contribution < -0.4 is 5.73 Å². The predicted octanol–water partition coefficient (Wildman–Crippen LogP) is 2.40. The Morgan fingerprint density at radius 2 is 2.13 bits per heavy atom. The lowest BCUT2D eigenvalue weighted by Gasteiger charge is -2.40. The van der Waals surface area contributed by atoms with Crippen molar-refractivity contribution in [2.75, 3.05) is 12.8 Å². The molecule has 0 amide bonds. The molecule has 0 radical (unpaired) electrons. The van der Waals surface area contributed by atoms with Gasteiger partial charge in [-0.2, -0.15) is 14.4 Å². The number of terminal acetylenes is 1. The van der Waals surface area contributed by atoms with Crippen LogP contribution >= 0.6 is 0 Å². The molecule has 9 nitrogen and oxygen atoms in total. The SMILES string of the molecule is C#C[C@@]1(C(=O)OC)O[C@@H](n2cnc3c(N)nc(F)nc32)C[C@H]1O[Si](C)(C)C(C)(C)C. The second-order valence-corrected chi connectivity index (χ2v) is 13.5. The van der Waals surface area contributed by atoms with Gasteiger partial charge in [0, 0.05) is 6.42 Å². The van der Waals surface area contributed by atoms with Crippen molar-refractivity contribution < 1.29 is 23.1 Å². The first-order chi connectivity index (χ1) is 13.9. The highest BCUT2D eigenvalue weighted by molar-refractivity contribution is 6.74. The normalized spacial score (nSPS) is 24.7. The highest BCUT2D eigenvalue weighted by Gasteiger charge is 2.58. The second-order valence-electron chi connectivity index (χ2n) is 8.75. The topological polar surface area (TPSA) is 114 Å². The number of nitrogens with two attached hydrogens (primary N) is 1. The Labute approximate surface area is 175 Å². The lowest BCUT2D eigenvalue weighted by Crippen LogP contribution is -2.54. The molecule has 1 aliphatic rings. The number of rotatable bonds is 4. The van der Waals surface area contributed by atoms with Gasteiger partial charge in [-0.05, 0) is 18.1 Å². The fourth-order valence-corrected chi connectivity index (χ4v) is 4.49. The zero-order valence-electron chi connectivity index (χ0n) is 17.9. The number of fused-ring (bicyclic) bond motifs is 1. The van der Waals surface area contributed by atoms with E-state index in [4.69, 9.17) is 26.1 Å². The number of carbonyl (C=O) groups is 1. The van der Waals surface area contributed by atoms with Crippen molar-refractivity contribution in [1.29, 1.82) is 0 Å². The van der Waals surface area contributed by atoms with Crippen molar-refractivity contribution in [2.45, 2.75) is 63.3 Å². The molecule has 0 aliphatic carbocycles. The van der Waals surface area contributed by atoms with E-state index in [0.717, 1.165) is 0 Å². The van der Waals surface area contributed by atoms with Gasteiger partial charge in [0.05, 0.1) is 13.4 Å². The molecule has 3 heterocycles. The number of esters is 1. The van der Waals surface area contributed by atoms with E-state index < -0.39 is 38.3 Å². The van der Waals surface area contributed by atoms with Crippen LogP contribution in [0.3, 0.4) is 0 Å². The average Bonchev–Trinajstić information content (AvgIpc) is 3.21. The monoisotopic (exact) mass is 435 g/mol. The molecule has 1 saturated heterocycles. The van der Waals surface area contributed by atoms with Crippen LogP contribution in [0.1, 0.15) is 33.4 Å². The van der Waals surface area contributed by atoms with E-state index in [1.165, 1.54) is 18.0 Å². The first kappa shape index (κ1) is 22.1. The molecule has 11 heteroatoms. The third-order valence-electron chi connectivity index (χ3n) is 5.87. The number of hydrogen-bond acceptors (Lipinski definition) is 8. The van der Waals surface area contributed by atoms with Crippen molar-refractivity contribution in [3.63, 3.8) is 0 Å². The predicted molar refractivity (Wildman–Crippen MR) is 110 cm³/mol. The molecule has 30 heavy (non-hydrogen) atoms. The van der Waals surface area contributed by atoms with Gasteiger partial charge in [-0.1, -0.05) is 26.7 Å². The number of carbonyl (C=O) groups excluding carboxylic acids is 1. The van der Waals surface area contributed by atoms with Crippen LogP contribution in [0.4, 0.5) is 10.2 Å². The number of imidazole rings is 1. The summed E-state index contributed by atoms with van der Waals surface area (Å²) in [7, 11) is -1.10. The number of anilines is 1. The van der Waals surface area contributed by atoms with Crippen LogP contribution in [0.5, 0.6) is 0 Å². The molecule has 1 fully saturated rings. The summed E-state index contributed by atoms with van der Waals surface area (Å²) in [6.07, 6.45) is 4.81. The number of methoxy groups -OCH3 is 1. The summed E-state index contributed by atoms with van der Waals surface area (Å²) in [4.78, 5) is 24.1. The third kappa shape index (κ3) is 3.44. The zero-order chi connectivity index (χ0) is 22.5. The molecule has 0 bridgehead atoms. The maximum absolute atomic E-state index is 13.8. The molecule has 162 valence electrons. The minimum Gasteiger partial charge on any atom is -0.466 e. The zero-order valence-corrected chi connectivity index (χ0v) is 18.9. The lowest BCUT2D eigenvalue weighted by atomic mass is 9.98. The van der Waals surface area contributed by atoms with Crippen molar-refractivity contribution in [3.8, 4) is 12.3 Å². The number of ether oxygens (including phenoxy) is 2. The summed E-state index contributed by atoms with van der Waals surface area (Å²) >= 11 is 0. The van der Waals surface area contributed by atoms with Gasteiger partial charge < -0.3 is 19.6 Å². The smallest absolute Gasteiger partial charge is 0.353 e. The fourth-order valence-electron chi connectivity index (χ4n) is 3.16. The van der Waals surface area contributed by atoms with E-state index in [9.17, 15) is 9.18 Å². The summed E-state index contributed by atoms with van der Waals surface area (Å²) in [6.45, 7) is 10.3. The van der Waals surface area contributed by atoms with Gasteiger partial charge in [-0.15, -0.1) is 6.42 Å². The molecule has 0 spiro atoms. The standard InChI is InChI=1S/C19H26FN5O4Si/c1-8-19(16(26)27-5)11(29-30(6,7)18(2,3)4)9-12(28-19)25-10-22-13-14(21)23-17(20)24-15(13)25/h1,10-12H,9H2,2-7H3,(H2,21,23,24)/t11-,12-,19-/m1/s1. The van der Waals surface area contributed by atoms with Crippen LogP contribution in [0.2, 0.25) is 18.1 Å². The molecule has 3 atom stereocenters. The maximum Gasteiger partial charge on any atom is 0.353 e. The molecule has 2 N–H and O–H groups in total. The minimum atomic E-state index is -2.33. The lowest BCUT2D eigenvalue weighted by molar-refractivity contribution is -0.168. The Balaban J connectivity index is 2.07. The van der Waals surface area contributed by atoms with Crippen LogP contribution in [-0.4, -0.2) is 52.6 Å². The van der Waals surface area contributed by atoms with Gasteiger partial charge in [-0.3, -0.25) is 4.57 Å². The number of nitrogen functional groups attached to an aromatic ring is 1. The maximum atomic E-state index is 13.8. The van der Waals surface area contributed by atoms with Crippen LogP contribution in [0.25, 0.3) is 11.2 Å². The molecule has 0 unspecified atom stereocenters. The fraction of sp³-hybridized carbons (Fsp3) is 0.579. The third-order valence-corrected chi connectivity index (χ3v) is 10.4. The van der Waals surface area contributed by atoms with E-state index in [2.05, 4.69) is 54.7 Å². The Morgan fingerprint density at radius 3 is 2.70 bits per heavy atom. The van der Waals surface area contributed by atoms with Gasteiger partial charge in [0.15, 0.2) is 25.3 Å². The largest absolute Gasteiger partial charge is 0.466 e. The number of hydrogen-bond donors (Lipinski definition) is 1. The number of nitrogens with zero attached hydrogens (tertiary/aromatic N) is 4. The van der Waals surface area contributed by atoms with E-state index in [1.54, 1.807) is 0 Å². The van der Waals surface area contributed by atoms with Gasteiger partial charge in [0.1, 0.15) is 12.3 Å². The highest BCUT2D eigenvalue weighted by Crippen LogP contribution is 2.45. The summed E-state index contributed by atoms with van der Waals surface area (Å²) in [5, 5.41) is -0.131. The Kier molecular flexibility index (Phi) is 5.38. The van der Waals surface area contributed by atoms with Gasteiger partial charge in [0.2, 0.25) is 0 Å². The van der Waals surface area contributed by atoms with Crippen LogP contribution in [0.15, 0.2) is 6.33 Å². The summed E-state index contributed by atoms with van der Waals surface area (Å²) in [5.41, 5.74) is 4.34. The molecule has 0 aromatic carbocycles. The van der Waals surface area contributed by atoms with Crippen molar-refractivity contribution in [2.24, 2.45) is 0 Å². The van der Waals surface area contributed by atoms with E-state index in [0.29, 0.717) is 0 Å². The summed E-state index contributed by atoms with van der Waals surface area (Å²) < 4.78 is 32.7. The van der Waals surface area contributed by atoms with Crippen LogP contribution in [-0.2, 0) is 18.7 Å². The van der Waals surface area contributed by atoms with Crippen molar-refractivity contribution >= 4 is 31.3 Å². The van der Waals surface area contributed by atoms with Crippen molar-refractivity contribution in [3.05, 3.63) is 12.4 Å². The van der Waals surface area contributed by atoms with E-state index in [1.807, 2.05) is 0 Å². The quantitative estimate of drug-likeness (QED) is 0.337. The summed E-state index contributed by atoms with van der Waals surface area (Å²) in [5.74, 6) is 1.62. The molecule has 3 rings (SSSR count). The second kappa shape index (κ2) is 7.30. The highest BCUT2D eigenvalue weighted by atomic mass is 28.4. The van der Waals surface area contributed by atoms with E-state index in [-0.39, 0.29) is 28.4 Å². The summed E-state index contributed by atoms with van der Waals surface area (Å²) in [6, 6.07) is 0. The average molecular weight is 436 g/mol. The number of halogens is 1. The molecular weight excluding hydrogens is 409 g/mol. The van der Waals surface area contributed by atoms with Crippen molar-refractivity contribution in [1.82, 2.24) is 19.5 Å². The molecular formula is C19H26FN5O4Si. The Bertz CT molecular complexity index is 1030.